The van der Waals surface area contributed by atoms with Gasteiger partial charge in [0.25, 0.3) is 5.56 Å². The molecule has 0 saturated heterocycles. The van der Waals surface area contributed by atoms with Gasteiger partial charge in [0.05, 0.1) is 29.1 Å². The first kappa shape index (κ1) is 18.0. The number of hydrogen-bond acceptors (Lipinski definition) is 5. The summed E-state index contributed by atoms with van der Waals surface area (Å²) in [6.07, 6.45) is 5.32. The van der Waals surface area contributed by atoms with Gasteiger partial charge in [0.15, 0.2) is 5.16 Å². The molecule has 2 aromatic heterocycles. The van der Waals surface area contributed by atoms with Crippen molar-refractivity contribution in [1.29, 1.82) is 5.26 Å². The number of nitriles is 1. The number of rotatable bonds is 4. The number of fused-ring (bicyclic) bond motifs is 1. The van der Waals surface area contributed by atoms with Crippen LogP contribution in [0.5, 0.6) is 0 Å². The fraction of sp³-hybridized carbons (Fsp3) is 0.0909. The van der Waals surface area contributed by atoms with Crippen molar-refractivity contribution in [2.24, 2.45) is 0 Å². The summed E-state index contributed by atoms with van der Waals surface area (Å²) in [5, 5.41) is 10.5. The Labute approximate surface area is 166 Å². The van der Waals surface area contributed by atoms with Crippen LogP contribution in [0.1, 0.15) is 11.1 Å². The maximum absolute atomic E-state index is 13.1. The van der Waals surface area contributed by atoms with Gasteiger partial charge in [-0.25, -0.2) is 9.97 Å². The molecule has 5 nitrogen and oxygen atoms in total. The molecule has 0 saturated carbocycles. The Morgan fingerprint density at radius 1 is 1.11 bits per heavy atom. The van der Waals surface area contributed by atoms with E-state index in [0.717, 1.165) is 16.7 Å². The second-order valence-electron chi connectivity index (χ2n) is 6.23. The van der Waals surface area contributed by atoms with Crippen LogP contribution in [-0.2, 0) is 6.54 Å². The van der Waals surface area contributed by atoms with E-state index in [1.807, 2.05) is 61.0 Å². The lowest BCUT2D eigenvalue weighted by Crippen LogP contribution is -2.22. The largest absolute Gasteiger partial charge is 0.310 e. The SMILES string of the molecule is CSc1ncc2c(=O)n(Cc3ccccc3C#N)cc(-c3ccccc3)c2n1. The Morgan fingerprint density at radius 2 is 1.86 bits per heavy atom. The standard InChI is InChI=1S/C22H16N4OS/c1-28-22-24-12-18-20(25-22)19(15-7-3-2-4-8-15)14-26(21(18)27)13-17-10-6-5-9-16(17)11-23/h2-10,12,14H,13H2,1H3. The minimum absolute atomic E-state index is 0.171. The third-order valence-electron chi connectivity index (χ3n) is 4.54. The Balaban J connectivity index is 1.97. The van der Waals surface area contributed by atoms with Crippen molar-refractivity contribution in [1.82, 2.24) is 14.5 Å². The molecule has 4 rings (SSSR count). The van der Waals surface area contributed by atoms with Crippen LogP contribution in [0.15, 0.2) is 76.9 Å². The summed E-state index contributed by atoms with van der Waals surface area (Å²) >= 11 is 1.44. The molecule has 0 unspecified atom stereocenters. The molecule has 2 aromatic carbocycles. The maximum Gasteiger partial charge on any atom is 0.261 e. The predicted octanol–water partition coefficient (Wildman–Crippen LogP) is 4.10. The minimum Gasteiger partial charge on any atom is -0.310 e. The van der Waals surface area contributed by atoms with Crippen LogP contribution in [0.4, 0.5) is 0 Å². The van der Waals surface area contributed by atoms with Crippen molar-refractivity contribution in [3.63, 3.8) is 0 Å². The average Bonchev–Trinajstić information content (AvgIpc) is 2.76. The fourth-order valence-electron chi connectivity index (χ4n) is 3.15. The molecule has 28 heavy (non-hydrogen) atoms. The summed E-state index contributed by atoms with van der Waals surface area (Å²) in [5.41, 5.74) is 3.66. The van der Waals surface area contributed by atoms with E-state index in [1.54, 1.807) is 16.8 Å². The first-order chi connectivity index (χ1) is 13.7. The first-order valence-corrected chi connectivity index (χ1v) is 9.91. The molecule has 6 heteroatoms. The summed E-state index contributed by atoms with van der Waals surface area (Å²) in [6.45, 7) is 0.308. The molecular weight excluding hydrogens is 368 g/mol. The highest BCUT2D eigenvalue weighted by atomic mass is 32.2. The van der Waals surface area contributed by atoms with Crippen LogP contribution in [-0.4, -0.2) is 20.8 Å². The maximum atomic E-state index is 13.1. The highest BCUT2D eigenvalue weighted by Crippen LogP contribution is 2.26. The van der Waals surface area contributed by atoms with Gasteiger partial charge in [-0.2, -0.15) is 5.26 Å². The van der Waals surface area contributed by atoms with Gasteiger partial charge < -0.3 is 4.57 Å². The van der Waals surface area contributed by atoms with Gasteiger partial charge in [0.2, 0.25) is 0 Å². The highest BCUT2D eigenvalue weighted by molar-refractivity contribution is 7.98. The fourth-order valence-corrected chi connectivity index (χ4v) is 3.49. The van der Waals surface area contributed by atoms with Crippen LogP contribution in [0.2, 0.25) is 0 Å². The number of benzene rings is 2. The molecule has 0 fully saturated rings. The van der Waals surface area contributed by atoms with Crippen LogP contribution >= 0.6 is 11.8 Å². The number of thioether (sulfide) groups is 1. The Bertz CT molecular complexity index is 1260. The van der Waals surface area contributed by atoms with Crippen molar-refractivity contribution < 1.29 is 0 Å². The van der Waals surface area contributed by atoms with E-state index in [-0.39, 0.29) is 5.56 Å². The zero-order valence-electron chi connectivity index (χ0n) is 15.2. The topological polar surface area (TPSA) is 71.6 Å². The van der Waals surface area contributed by atoms with Crippen LogP contribution in [0, 0.1) is 11.3 Å². The highest BCUT2D eigenvalue weighted by Gasteiger charge is 2.14. The third-order valence-corrected chi connectivity index (χ3v) is 5.11. The molecule has 0 amide bonds. The lowest BCUT2D eigenvalue weighted by Gasteiger charge is -2.13. The van der Waals surface area contributed by atoms with E-state index < -0.39 is 0 Å². The van der Waals surface area contributed by atoms with Crippen LogP contribution in [0.3, 0.4) is 0 Å². The van der Waals surface area contributed by atoms with Crippen molar-refractivity contribution in [2.75, 3.05) is 6.26 Å². The molecule has 0 N–H and O–H groups in total. The summed E-state index contributed by atoms with van der Waals surface area (Å²) < 4.78 is 1.63. The van der Waals surface area contributed by atoms with Gasteiger partial charge in [-0.3, -0.25) is 4.79 Å². The number of pyridine rings is 1. The Hall–Kier alpha value is -3.43. The number of hydrogen-bond donors (Lipinski definition) is 0. The molecular formula is C22H16N4OS. The zero-order chi connectivity index (χ0) is 19.5. The monoisotopic (exact) mass is 384 g/mol. The molecule has 0 spiro atoms. The summed E-state index contributed by atoms with van der Waals surface area (Å²) in [6, 6.07) is 19.4. The number of aromatic nitrogens is 3. The first-order valence-electron chi connectivity index (χ1n) is 8.69. The summed E-state index contributed by atoms with van der Waals surface area (Å²) in [7, 11) is 0. The lowest BCUT2D eigenvalue weighted by atomic mass is 10.0. The Morgan fingerprint density at radius 3 is 2.61 bits per heavy atom. The second-order valence-corrected chi connectivity index (χ2v) is 7.00. The zero-order valence-corrected chi connectivity index (χ0v) is 16.0. The van der Waals surface area contributed by atoms with Gasteiger partial charge >= 0.3 is 0 Å². The van der Waals surface area contributed by atoms with Gasteiger partial charge in [-0.1, -0.05) is 60.3 Å². The van der Waals surface area contributed by atoms with E-state index in [4.69, 9.17) is 0 Å². The van der Waals surface area contributed by atoms with Gasteiger partial charge in [0, 0.05) is 18.0 Å². The molecule has 2 heterocycles. The van der Waals surface area contributed by atoms with E-state index in [1.165, 1.54) is 11.8 Å². The predicted molar refractivity (Wildman–Crippen MR) is 111 cm³/mol. The number of nitrogens with zero attached hydrogens (tertiary/aromatic N) is 4. The second kappa shape index (κ2) is 7.67. The molecule has 0 aliphatic carbocycles. The van der Waals surface area contributed by atoms with Crippen molar-refractivity contribution >= 4 is 22.7 Å². The molecule has 0 radical (unpaired) electrons. The van der Waals surface area contributed by atoms with Crippen molar-refractivity contribution in [3.05, 3.63) is 88.5 Å². The average molecular weight is 384 g/mol. The van der Waals surface area contributed by atoms with Gasteiger partial charge in [0.1, 0.15) is 0 Å². The molecule has 0 aliphatic heterocycles. The Kier molecular flexibility index (Phi) is 4.92. The van der Waals surface area contributed by atoms with E-state index in [2.05, 4.69) is 16.0 Å². The third kappa shape index (κ3) is 3.28. The van der Waals surface area contributed by atoms with Gasteiger partial charge in [-0.05, 0) is 23.4 Å². The van der Waals surface area contributed by atoms with Crippen LogP contribution in [0.25, 0.3) is 22.0 Å². The molecule has 0 bridgehead atoms. The van der Waals surface area contributed by atoms with Crippen LogP contribution < -0.4 is 5.56 Å². The summed E-state index contributed by atoms with van der Waals surface area (Å²) in [5.74, 6) is 0. The molecule has 4 aromatic rings. The van der Waals surface area contributed by atoms with Crippen molar-refractivity contribution in [3.8, 4) is 17.2 Å². The normalized spacial score (nSPS) is 10.7. The quantitative estimate of drug-likeness (QED) is 0.391. The molecule has 136 valence electrons. The molecule has 0 aliphatic rings. The summed E-state index contributed by atoms with van der Waals surface area (Å²) in [4.78, 5) is 22.0. The lowest BCUT2D eigenvalue weighted by molar-refractivity contribution is 0.765. The smallest absolute Gasteiger partial charge is 0.261 e. The van der Waals surface area contributed by atoms with E-state index in [0.29, 0.717) is 28.2 Å². The van der Waals surface area contributed by atoms with Gasteiger partial charge in [-0.15, -0.1) is 0 Å². The van der Waals surface area contributed by atoms with E-state index in [9.17, 15) is 10.1 Å². The van der Waals surface area contributed by atoms with Crippen molar-refractivity contribution in [2.45, 2.75) is 11.7 Å². The van der Waals surface area contributed by atoms with E-state index >= 15 is 0 Å². The minimum atomic E-state index is -0.171. The molecule has 0 atom stereocenters.